The smallest absolute Gasteiger partial charge is 0.434 e. The van der Waals surface area contributed by atoms with Crippen LogP contribution in [0.15, 0.2) is 35.8 Å². The Bertz CT molecular complexity index is 442. The summed E-state index contributed by atoms with van der Waals surface area (Å²) in [6.45, 7) is 9.09. The zero-order chi connectivity index (χ0) is 12.9. The van der Waals surface area contributed by atoms with Crippen molar-refractivity contribution in [3.05, 3.63) is 42.0 Å². The van der Waals surface area contributed by atoms with Gasteiger partial charge in [0.2, 0.25) is 0 Å². The van der Waals surface area contributed by atoms with Crippen LogP contribution in [0.25, 0.3) is 6.08 Å². The van der Waals surface area contributed by atoms with Gasteiger partial charge in [0.25, 0.3) is 0 Å². The molecule has 0 heterocycles. The summed E-state index contributed by atoms with van der Waals surface area (Å²) < 4.78 is 5.06. The molecule has 17 heavy (non-hydrogen) atoms. The van der Waals surface area contributed by atoms with Crippen LogP contribution in [-0.2, 0) is 4.74 Å². The Hall–Kier alpha value is -1.90. The number of hydrogen-bond donors (Lipinski definition) is 0. The van der Waals surface area contributed by atoms with E-state index in [1.54, 1.807) is 26.8 Å². The second-order valence-corrected chi connectivity index (χ2v) is 4.61. The minimum absolute atomic E-state index is 0.516. The van der Waals surface area contributed by atoms with E-state index in [1.807, 2.05) is 24.3 Å². The molecule has 0 aliphatic carbocycles. The Kier molecular flexibility index (Phi) is 4.21. The molecule has 0 bridgehead atoms. The lowest BCUT2D eigenvalue weighted by Crippen LogP contribution is -2.21. The first-order valence-electron chi connectivity index (χ1n) is 5.40. The lowest BCUT2D eigenvalue weighted by molar-refractivity contribution is 0.0605. The maximum atomic E-state index is 11.3. The highest BCUT2D eigenvalue weighted by molar-refractivity contribution is 5.89. The van der Waals surface area contributed by atoms with Crippen LogP contribution in [0.4, 0.5) is 4.79 Å². The second-order valence-electron chi connectivity index (χ2n) is 4.61. The zero-order valence-corrected chi connectivity index (χ0v) is 10.4. The zero-order valence-electron chi connectivity index (χ0n) is 10.4. The fourth-order valence-corrected chi connectivity index (χ4v) is 1.18. The summed E-state index contributed by atoms with van der Waals surface area (Å²) in [5.41, 5.74) is 1.31. The molecule has 90 valence electrons. The lowest BCUT2D eigenvalue weighted by atomic mass is 10.1. The molecule has 0 radical (unpaired) electrons. The van der Waals surface area contributed by atoms with Gasteiger partial charge in [0.05, 0.1) is 0 Å². The highest BCUT2D eigenvalue weighted by atomic mass is 16.6. The fraction of sp³-hybridized carbons (Fsp3) is 0.286. The third kappa shape index (κ3) is 5.11. The first-order chi connectivity index (χ1) is 7.90. The van der Waals surface area contributed by atoms with Gasteiger partial charge in [-0.05, 0) is 38.0 Å². The fourth-order valence-electron chi connectivity index (χ4n) is 1.18. The highest BCUT2D eigenvalue weighted by Crippen LogP contribution is 2.08. The van der Waals surface area contributed by atoms with Gasteiger partial charge in [-0.25, -0.2) is 4.79 Å². The molecular weight excluding hydrogens is 214 g/mol. The molecule has 1 rings (SSSR count). The van der Waals surface area contributed by atoms with Crippen LogP contribution in [0, 0.1) is 0 Å². The topological polar surface area (TPSA) is 38.7 Å². The molecule has 1 aromatic rings. The van der Waals surface area contributed by atoms with Crippen LogP contribution in [0.1, 0.15) is 31.9 Å². The third-order valence-corrected chi connectivity index (χ3v) is 1.86. The minimum atomic E-state index is -0.582. The molecular formula is C14H17NO2. The van der Waals surface area contributed by atoms with Crippen molar-refractivity contribution >= 4 is 18.4 Å². The molecule has 3 nitrogen and oxygen atoms in total. The summed E-state index contributed by atoms with van der Waals surface area (Å²) in [4.78, 5) is 15.1. The van der Waals surface area contributed by atoms with Crippen molar-refractivity contribution in [1.82, 2.24) is 0 Å². The number of aliphatic imine (C=N–C) groups is 1. The van der Waals surface area contributed by atoms with Crippen LogP contribution in [0.2, 0.25) is 0 Å². The van der Waals surface area contributed by atoms with E-state index in [9.17, 15) is 4.79 Å². The van der Waals surface area contributed by atoms with Gasteiger partial charge in [0.15, 0.2) is 0 Å². The van der Waals surface area contributed by atoms with E-state index in [1.165, 1.54) is 6.21 Å². The predicted molar refractivity (Wildman–Crippen MR) is 70.4 cm³/mol. The highest BCUT2D eigenvalue weighted by Gasteiger charge is 2.14. The number of hydrogen-bond acceptors (Lipinski definition) is 2. The molecule has 0 aliphatic rings. The second kappa shape index (κ2) is 5.43. The van der Waals surface area contributed by atoms with Gasteiger partial charge in [-0.1, -0.05) is 30.9 Å². The minimum Gasteiger partial charge on any atom is -0.442 e. The molecule has 0 atom stereocenters. The Labute approximate surface area is 102 Å². The molecule has 0 saturated carbocycles. The number of benzene rings is 1. The van der Waals surface area contributed by atoms with Crippen LogP contribution >= 0.6 is 0 Å². The van der Waals surface area contributed by atoms with Gasteiger partial charge < -0.3 is 4.74 Å². The van der Waals surface area contributed by atoms with Crippen molar-refractivity contribution in [2.75, 3.05) is 0 Å². The van der Waals surface area contributed by atoms with E-state index in [-0.39, 0.29) is 0 Å². The molecule has 0 unspecified atom stereocenters. The predicted octanol–water partition coefficient (Wildman–Crippen LogP) is 3.68. The lowest BCUT2D eigenvalue weighted by Gasteiger charge is -2.17. The van der Waals surface area contributed by atoms with Gasteiger partial charge in [-0.3, -0.25) is 0 Å². The summed E-state index contributed by atoms with van der Waals surface area (Å²) in [5.74, 6) is 0. The summed E-state index contributed by atoms with van der Waals surface area (Å²) in [5, 5.41) is 0. The van der Waals surface area contributed by atoms with Gasteiger partial charge >= 0.3 is 6.09 Å². The largest absolute Gasteiger partial charge is 0.442 e. The van der Waals surface area contributed by atoms with E-state index < -0.39 is 11.7 Å². The Morgan fingerprint density at radius 1 is 1.35 bits per heavy atom. The Morgan fingerprint density at radius 3 is 2.59 bits per heavy atom. The summed E-state index contributed by atoms with van der Waals surface area (Å²) in [6.07, 6.45) is 2.65. The number of carbonyl (C=O) groups is 1. The van der Waals surface area contributed by atoms with Gasteiger partial charge in [-0.15, -0.1) is 0 Å². The van der Waals surface area contributed by atoms with Crippen LogP contribution < -0.4 is 0 Å². The van der Waals surface area contributed by atoms with Crippen LogP contribution in [0.5, 0.6) is 0 Å². The Morgan fingerprint density at radius 2 is 2.00 bits per heavy atom. The average molecular weight is 231 g/mol. The third-order valence-electron chi connectivity index (χ3n) is 1.86. The number of nitrogens with zero attached hydrogens (tertiary/aromatic N) is 1. The van der Waals surface area contributed by atoms with Crippen molar-refractivity contribution < 1.29 is 9.53 Å². The summed E-state index contributed by atoms with van der Waals surface area (Å²) in [7, 11) is 0. The van der Waals surface area contributed by atoms with Crippen molar-refractivity contribution in [2.45, 2.75) is 26.4 Å². The first-order valence-corrected chi connectivity index (χ1v) is 5.40. The number of carbonyl (C=O) groups excluding carboxylic acids is 1. The first kappa shape index (κ1) is 13.2. The molecule has 3 heteroatoms. The van der Waals surface area contributed by atoms with E-state index in [0.717, 1.165) is 11.1 Å². The maximum absolute atomic E-state index is 11.3. The quantitative estimate of drug-likeness (QED) is 0.728. The molecule has 0 spiro atoms. The SMILES string of the molecule is C=Cc1cccc(/C=N/C(=O)OC(C)(C)C)c1. The standard InChI is InChI=1S/C14H17NO2/c1-5-11-7-6-8-12(9-11)10-15-13(16)17-14(2,3)4/h5-10H,1H2,2-4H3/b15-10+. The van der Waals surface area contributed by atoms with Crippen LogP contribution in [-0.4, -0.2) is 17.9 Å². The van der Waals surface area contributed by atoms with Gasteiger partial charge in [0, 0.05) is 6.21 Å². The van der Waals surface area contributed by atoms with E-state index in [0.29, 0.717) is 0 Å². The van der Waals surface area contributed by atoms with E-state index >= 15 is 0 Å². The van der Waals surface area contributed by atoms with Crippen molar-refractivity contribution in [3.63, 3.8) is 0 Å². The number of ether oxygens (including phenoxy) is 1. The van der Waals surface area contributed by atoms with E-state index in [2.05, 4.69) is 11.6 Å². The van der Waals surface area contributed by atoms with Crippen molar-refractivity contribution in [2.24, 2.45) is 4.99 Å². The molecule has 1 amide bonds. The summed E-state index contributed by atoms with van der Waals surface area (Å²) >= 11 is 0. The van der Waals surface area contributed by atoms with Gasteiger partial charge in [-0.2, -0.15) is 4.99 Å². The van der Waals surface area contributed by atoms with Gasteiger partial charge in [0.1, 0.15) is 5.60 Å². The van der Waals surface area contributed by atoms with Crippen LogP contribution in [0.3, 0.4) is 0 Å². The number of amides is 1. The van der Waals surface area contributed by atoms with Crippen molar-refractivity contribution in [1.29, 1.82) is 0 Å². The van der Waals surface area contributed by atoms with Crippen molar-refractivity contribution in [3.8, 4) is 0 Å². The van der Waals surface area contributed by atoms with E-state index in [4.69, 9.17) is 4.74 Å². The monoisotopic (exact) mass is 231 g/mol. The molecule has 0 N–H and O–H groups in total. The Balaban J connectivity index is 2.70. The average Bonchev–Trinajstić information content (AvgIpc) is 2.24. The summed E-state index contributed by atoms with van der Waals surface area (Å²) in [6, 6.07) is 7.56. The normalized spacial score (nSPS) is 11.5. The molecule has 0 fully saturated rings. The maximum Gasteiger partial charge on any atom is 0.434 e. The molecule has 0 saturated heterocycles. The number of rotatable bonds is 2. The molecule has 0 aliphatic heterocycles. The molecule has 0 aromatic heterocycles. The molecule has 1 aromatic carbocycles.